The number of alkyl halides is 1. The van der Waals surface area contributed by atoms with Crippen LogP contribution in [0, 0.1) is 0 Å². The highest BCUT2D eigenvalue weighted by molar-refractivity contribution is 6.18. The van der Waals surface area contributed by atoms with Crippen LogP contribution in [0.25, 0.3) is 0 Å². The van der Waals surface area contributed by atoms with Crippen LogP contribution in [0.15, 0.2) is 12.1 Å². The summed E-state index contributed by atoms with van der Waals surface area (Å²) in [4.78, 5) is 7.25. The topological polar surface area (TPSA) is 16.1 Å². The Morgan fingerprint density at radius 3 is 2.82 bits per heavy atom. The van der Waals surface area contributed by atoms with Crippen molar-refractivity contribution in [2.75, 3.05) is 17.3 Å². The minimum Gasteiger partial charge on any atom is -0.352 e. The molecule has 92 valence electrons. The van der Waals surface area contributed by atoms with Crippen molar-refractivity contribution < 1.29 is 0 Å². The first kappa shape index (κ1) is 11.3. The predicted molar refractivity (Wildman–Crippen MR) is 72.0 cm³/mol. The maximum atomic E-state index is 5.92. The number of nitrogens with zero attached hydrogens (tertiary/aromatic N) is 2. The summed E-state index contributed by atoms with van der Waals surface area (Å²) in [6.45, 7) is 0.929. The monoisotopic (exact) mass is 250 g/mol. The number of aryl methyl sites for hydroxylation is 2. The Balaban J connectivity index is 1.84. The van der Waals surface area contributed by atoms with E-state index in [0.717, 1.165) is 18.8 Å². The second kappa shape index (κ2) is 4.85. The van der Waals surface area contributed by atoms with Gasteiger partial charge in [-0.1, -0.05) is 6.07 Å². The molecule has 2 aliphatic carbocycles. The third-order valence-electron chi connectivity index (χ3n) is 4.05. The van der Waals surface area contributed by atoms with Gasteiger partial charge in [0.2, 0.25) is 0 Å². The van der Waals surface area contributed by atoms with Crippen LogP contribution >= 0.6 is 11.6 Å². The van der Waals surface area contributed by atoms with Gasteiger partial charge in [0.1, 0.15) is 5.82 Å². The highest BCUT2D eigenvalue weighted by Crippen LogP contribution is 2.30. The normalized spacial score (nSPS) is 18.9. The summed E-state index contributed by atoms with van der Waals surface area (Å²) >= 11 is 5.92. The lowest BCUT2D eigenvalue weighted by Crippen LogP contribution is -2.42. The average Bonchev–Trinajstić information content (AvgIpc) is 2.72. The van der Waals surface area contributed by atoms with Gasteiger partial charge in [0.25, 0.3) is 0 Å². The summed E-state index contributed by atoms with van der Waals surface area (Å²) in [7, 11) is 0. The minimum atomic E-state index is 0.681. The highest BCUT2D eigenvalue weighted by Gasteiger charge is 2.26. The van der Waals surface area contributed by atoms with Crippen molar-refractivity contribution in [1.82, 2.24) is 4.98 Å². The van der Waals surface area contributed by atoms with E-state index in [1.165, 1.54) is 43.4 Å². The van der Waals surface area contributed by atoms with E-state index < -0.39 is 0 Å². The number of hydrogen-bond acceptors (Lipinski definition) is 2. The largest absolute Gasteiger partial charge is 0.352 e. The number of halogens is 1. The number of aromatic nitrogens is 1. The van der Waals surface area contributed by atoms with Crippen molar-refractivity contribution in [2.45, 2.75) is 44.6 Å². The van der Waals surface area contributed by atoms with Crippen LogP contribution in [0.5, 0.6) is 0 Å². The zero-order valence-electron chi connectivity index (χ0n) is 10.2. The summed E-state index contributed by atoms with van der Waals surface area (Å²) in [5.41, 5.74) is 2.77. The molecular formula is C14H19ClN2. The van der Waals surface area contributed by atoms with Crippen LogP contribution in [-0.2, 0) is 12.8 Å². The van der Waals surface area contributed by atoms with Crippen molar-refractivity contribution in [1.29, 1.82) is 0 Å². The summed E-state index contributed by atoms with van der Waals surface area (Å²) < 4.78 is 0. The van der Waals surface area contributed by atoms with Gasteiger partial charge in [0.05, 0.1) is 0 Å². The van der Waals surface area contributed by atoms with Crippen molar-refractivity contribution in [3.63, 3.8) is 0 Å². The summed E-state index contributed by atoms with van der Waals surface area (Å²) in [6, 6.07) is 5.14. The van der Waals surface area contributed by atoms with Gasteiger partial charge in [0.15, 0.2) is 0 Å². The molecule has 1 saturated carbocycles. The quantitative estimate of drug-likeness (QED) is 0.763. The van der Waals surface area contributed by atoms with Crippen LogP contribution < -0.4 is 4.90 Å². The van der Waals surface area contributed by atoms with Crippen molar-refractivity contribution in [3.8, 4) is 0 Å². The second-order valence-corrected chi connectivity index (χ2v) is 5.47. The lowest BCUT2D eigenvalue weighted by Gasteiger charge is -2.38. The first-order valence-electron chi connectivity index (χ1n) is 6.70. The van der Waals surface area contributed by atoms with Crippen LogP contribution in [0.4, 0.5) is 5.82 Å². The molecule has 3 rings (SSSR count). The van der Waals surface area contributed by atoms with E-state index in [9.17, 15) is 0 Å². The molecule has 0 aromatic carbocycles. The van der Waals surface area contributed by atoms with Gasteiger partial charge in [-0.05, 0) is 50.2 Å². The number of pyridine rings is 1. The van der Waals surface area contributed by atoms with Gasteiger partial charge in [-0.15, -0.1) is 11.6 Å². The molecule has 2 nitrogen and oxygen atoms in total. The van der Waals surface area contributed by atoms with Crippen LogP contribution in [0.3, 0.4) is 0 Å². The Morgan fingerprint density at radius 2 is 2.12 bits per heavy atom. The van der Waals surface area contributed by atoms with E-state index >= 15 is 0 Å². The van der Waals surface area contributed by atoms with Crippen molar-refractivity contribution in [3.05, 3.63) is 23.4 Å². The molecule has 0 N–H and O–H groups in total. The standard InChI is InChI=1S/C14H19ClN2/c15-9-10-17(12-4-2-5-12)14-8-7-11-3-1-6-13(11)16-14/h7-8,12H,1-6,9-10H2. The van der Waals surface area contributed by atoms with Gasteiger partial charge < -0.3 is 4.90 Å². The third kappa shape index (κ3) is 2.15. The molecule has 17 heavy (non-hydrogen) atoms. The molecule has 0 atom stereocenters. The first-order chi connectivity index (χ1) is 8.38. The second-order valence-electron chi connectivity index (χ2n) is 5.10. The molecule has 1 aromatic heterocycles. The number of rotatable bonds is 4. The molecule has 2 aliphatic rings. The molecule has 1 fully saturated rings. The minimum absolute atomic E-state index is 0.681. The summed E-state index contributed by atoms with van der Waals surface area (Å²) in [5, 5.41) is 0. The number of anilines is 1. The molecule has 0 radical (unpaired) electrons. The zero-order chi connectivity index (χ0) is 11.7. The van der Waals surface area contributed by atoms with E-state index in [1.807, 2.05) is 0 Å². The van der Waals surface area contributed by atoms with Gasteiger partial charge in [-0.25, -0.2) is 4.98 Å². The van der Waals surface area contributed by atoms with Gasteiger partial charge in [0, 0.05) is 24.2 Å². The van der Waals surface area contributed by atoms with E-state index in [2.05, 4.69) is 17.0 Å². The molecule has 0 spiro atoms. The summed E-state index contributed by atoms with van der Waals surface area (Å²) in [6.07, 6.45) is 7.59. The number of fused-ring (bicyclic) bond motifs is 1. The lowest BCUT2D eigenvalue weighted by atomic mass is 9.91. The summed E-state index contributed by atoms with van der Waals surface area (Å²) in [5.74, 6) is 1.84. The highest BCUT2D eigenvalue weighted by atomic mass is 35.5. The molecule has 0 aliphatic heterocycles. The molecule has 0 bridgehead atoms. The van der Waals surface area contributed by atoms with E-state index in [1.54, 1.807) is 0 Å². The fraction of sp³-hybridized carbons (Fsp3) is 0.643. The van der Waals surface area contributed by atoms with Crippen LogP contribution in [-0.4, -0.2) is 23.5 Å². The Labute approximate surface area is 108 Å². The molecule has 0 saturated heterocycles. The molecule has 3 heteroatoms. The zero-order valence-corrected chi connectivity index (χ0v) is 10.9. The SMILES string of the molecule is ClCCN(c1ccc2c(n1)CCC2)C1CCC1. The fourth-order valence-electron chi connectivity index (χ4n) is 2.84. The lowest BCUT2D eigenvalue weighted by molar-refractivity contribution is 0.388. The van der Waals surface area contributed by atoms with Crippen LogP contribution in [0.2, 0.25) is 0 Å². The number of hydrogen-bond donors (Lipinski definition) is 0. The van der Waals surface area contributed by atoms with E-state index in [4.69, 9.17) is 16.6 Å². The van der Waals surface area contributed by atoms with Gasteiger partial charge >= 0.3 is 0 Å². The Kier molecular flexibility index (Phi) is 3.24. The Bertz CT molecular complexity index is 401. The Morgan fingerprint density at radius 1 is 1.24 bits per heavy atom. The molecule has 1 heterocycles. The first-order valence-corrected chi connectivity index (χ1v) is 7.23. The predicted octanol–water partition coefficient (Wildman–Crippen LogP) is 3.17. The molecule has 0 amide bonds. The smallest absolute Gasteiger partial charge is 0.129 e. The fourth-order valence-corrected chi connectivity index (χ4v) is 3.02. The van der Waals surface area contributed by atoms with Gasteiger partial charge in [-0.3, -0.25) is 0 Å². The maximum absolute atomic E-state index is 5.92. The third-order valence-corrected chi connectivity index (χ3v) is 4.22. The Hall–Kier alpha value is -0.760. The average molecular weight is 251 g/mol. The maximum Gasteiger partial charge on any atom is 0.129 e. The molecular weight excluding hydrogens is 232 g/mol. The van der Waals surface area contributed by atoms with Crippen molar-refractivity contribution in [2.24, 2.45) is 0 Å². The van der Waals surface area contributed by atoms with E-state index in [-0.39, 0.29) is 0 Å². The molecule has 1 aromatic rings. The van der Waals surface area contributed by atoms with Gasteiger partial charge in [-0.2, -0.15) is 0 Å². The molecule has 0 unspecified atom stereocenters. The van der Waals surface area contributed by atoms with Crippen LogP contribution in [0.1, 0.15) is 36.9 Å². The van der Waals surface area contributed by atoms with Crippen molar-refractivity contribution >= 4 is 17.4 Å². The van der Waals surface area contributed by atoms with E-state index in [0.29, 0.717) is 11.9 Å².